The summed E-state index contributed by atoms with van der Waals surface area (Å²) in [5, 5.41) is 4.25. The molecule has 2 saturated heterocycles. The van der Waals surface area contributed by atoms with Crippen molar-refractivity contribution in [2.45, 2.75) is 12.6 Å². The van der Waals surface area contributed by atoms with Crippen LogP contribution in [0.15, 0.2) is 12.4 Å². The molecule has 5 heteroatoms. The SMILES string of the molecule is CN(C)[C@@H]1COC[C@@H]2CN(Cc3cnn(C)c3)C[C@@H]21. The van der Waals surface area contributed by atoms with Gasteiger partial charge in [0, 0.05) is 50.4 Å². The van der Waals surface area contributed by atoms with Crippen LogP contribution < -0.4 is 0 Å². The van der Waals surface area contributed by atoms with Crippen LogP contribution in [0.25, 0.3) is 0 Å². The molecule has 2 aliphatic rings. The van der Waals surface area contributed by atoms with Gasteiger partial charge in [-0.15, -0.1) is 0 Å². The molecule has 0 radical (unpaired) electrons. The summed E-state index contributed by atoms with van der Waals surface area (Å²) in [6.07, 6.45) is 4.09. The van der Waals surface area contributed by atoms with Crippen molar-refractivity contribution in [3.63, 3.8) is 0 Å². The molecular weight excluding hydrogens is 240 g/mol. The third-order valence-corrected chi connectivity index (χ3v) is 4.51. The highest BCUT2D eigenvalue weighted by Crippen LogP contribution is 2.32. The van der Waals surface area contributed by atoms with Crippen LogP contribution >= 0.6 is 0 Å². The molecule has 106 valence electrons. The summed E-state index contributed by atoms with van der Waals surface area (Å²) in [4.78, 5) is 4.88. The number of rotatable bonds is 3. The monoisotopic (exact) mass is 264 g/mol. The standard InChI is InChI=1S/C14H24N4O/c1-16(2)14-10-19-9-12-7-18(8-13(12)14)6-11-4-15-17(3)5-11/h4-5,12-14H,6-10H2,1-3H3/t12-,13-,14+/m0/s1. The van der Waals surface area contributed by atoms with Crippen molar-refractivity contribution in [2.75, 3.05) is 40.4 Å². The van der Waals surface area contributed by atoms with E-state index in [1.807, 2.05) is 17.9 Å². The Bertz CT molecular complexity index is 431. The van der Waals surface area contributed by atoms with E-state index >= 15 is 0 Å². The molecule has 2 aliphatic heterocycles. The molecule has 19 heavy (non-hydrogen) atoms. The van der Waals surface area contributed by atoms with Crippen molar-refractivity contribution in [3.8, 4) is 0 Å². The molecule has 0 unspecified atom stereocenters. The van der Waals surface area contributed by atoms with Gasteiger partial charge in [-0.05, 0) is 20.0 Å². The molecule has 5 nitrogen and oxygen atoms in total. The molecule has 0 aromatic carbocycles. The Kier molecular flexibility index (Phi) is 3.60. The van der Waals surface area contributed by atoms with Gasteiger partial charge in [0.05, 0.1) is 19.4 Å². The van der Waals surface area contributed by atoms with E-state index in [2.05, 4.69) is 35.2 Å². The largest absolute Gasteiger partial charge is 0.379 e. The van der Waals surface area contributed by atoms with Gasteiger partial charge in [0.15, 0.2) is 0 Å². The first-order valence-corrected chi connectivity index (χ1v) is 7.07. The number of hydrogen-bond donors (Lipinski definition) is 0. The molecule has 0 amide bonds. The normalized spacial score (nSPS) is 31.9. The average Bonchev–Trinajstić information content (AvgIpc) is 2.94. The molecule has 3 heterocycles. The summed E-state index contributed by atoms with van der Waals surface area (Å²) < 4.78 is 7.65. The van der Waals surface area contributed by atoms with Gasteiger partial charge in [0.25, 0.3) is 0 Å². The first-order chi connectivity index (χ1) is 9.13. The second-order valence-electron chi connectivity index (χ2n) is 6.21. The van der Waals surface area contributed by atoms with Gasteiger partial charge in [-0.2, -0.15) is 5.10 Å². The Morgan fingerprint density at radius 3 is 2.89 bits per heavy atom. The van der Waals surface area contributed by atoms with Crippen molar-refractivity contribution in [1.29, 1.82) is 0 Å². The number of likely N-dealkylation sites (tertiary alicyclic amines) is 1. The Morgan fingerprint density at radius 2 is 2.21 bits per heavy atom. The second-order valence-corrected chi connectivity index (χ2v) is 6.21. The van der Waals surface area contributed by atoms with Crippen LogP contribution in [0.1, 0.15) is 5.56 Å². The number of ether oxygens (including phenoxy) is 1. The van der Waals surface area contributed by atoms with E-state index in [0.29, 0.717) is 12.0 Å². The molecule has 2 fully saturated rings. The predicted molar refractivity (Wildman–Crippen MR) is 73.8 cm³/mol. The van der Waals surface area contributed by atoms with Crippen molar-refractivity contribution in [2.24, 2.45) is 18.9 Å². The molecule has 3 rings (SSSR count). The van der Waals surface area contributed by atoms with E-state index in [-0.39, 0.29) is 0 Å². The quantitative estimate of drug-likeness (QED) is 0.793. The maximum absolute atomic E-state index is 5.78. The molecule has 0 saturated carbocycles. The van der Waals surface area contributed by atoms with Crippen molar-refractivity contribution < 1.29 is 4.74 Å². The minimum atomic E-state index is 0.567. The van der Waals surface area contributed by atoms with Crippen LogP contribution in [0.4, 0.5) is 0 Å². The van der Waals surface area contributed by atoms with Gasteiger partial charge in [-0.3, -0.25) is 9.58 Å². The van der Waals surface area contributed by atoms with Gasteiger partial charge < -0.3 is 9.64 Å². The van der Waals surface area contributed by atoms with Crippen LogP contribution in [0.5, 0.6) is 0 Å². The number of aryl methyl sites for hydroxylation is 1. The lowest BCUT2D eigenvalue weighted by molar-refractivity contribution is -0.0229. The van der Waals surface area contributed by atoms with E-state index in [0.717, 1.165) is 32.2 Å². The molecule has 3 atom stereocenters. The summed E-state index contributed by atoms with van der Waals surface area (Å²) in [6.45, 7) is 5.17. The topological polar surface area (TPSA) is 33.5 Å². The van der Waals surface area contributed by atoms with Crippen LogP contribution in [-0.4, -0.2) is 66.0 Å². The van der Waals surface area contributed by atoms with Gasteiger partial charge >= 0.3 is 0 Å². The number of aromatic nitrogens is 2. The lowest BCUT2D eigenvalue weighted by Crippen LogP contribution is -2.47. The molecule has 0 bridgehead atoms. The van der Waals surface area contributed by atoms with E-state index < -0.39 is 0 Å². The zero-order chi connectivity index (χ0) is 13.4. The van der Waals surface area contributed by atoms with E-state index in [4.69, 9.17) is 4.74 Å². The fourth-order valence-electron chi connectivity index (χ4n) is 3.54. The van der Waals surface area contributed by atoms with E-state index in [1.54, 1.807) is 0 Å². The fraction of sp³-hybridized carbons (Fsp3) is 0.786. The zero-order valence-electron chi connectivity index (χ0n) is 12.1. The van der Waals surface area contributed by atoms with Crippen LogP contribution in [0, 0.1) is 11.8 Å². The molecule has 1 aromatic rings. The first kappa shape index (κ1) is 13.1. The molecule has 1 aromatic heterocycles. The average molecular weight is 264 g/mol. The third-order valence-electron chi connectivity index (χ3n) is 4.51. The lowest BCUT2D eigenvalue weighted by atomic mass is 9.87. The Hall–Kier alpha value is -0.910. The van der Waals surface area contributed by atoms with Gasteiger partial charge in [-0.25, -0.2) is 0 Å². The molecule has 0 N–H and O–H groups in total. The van der Waals surface area contributed by atoms with E-state index in [9.17, 15) is 0 Å². The van der Waals surface area contributed by atoms with Crippen LogP contribution in [0.3, 0.4) is 0 Å². The summed E-state index contributed by atoms with van der Waals surface area (Å²) in [7, 11) is 6.31. The lowest BCUT2D eigenvalue weighted by Gasteiger charge is -2.37. The summed E-state index contributed by atoms with van der Waals surface area (Å²) in [5.41, 5.74) is 1.31. The summed E-state index contributed by atoms with van der Waals surface area (Å²) in [6, 6.07) is 0.567. The first-order valence-electron chi connectivity index (χ1n) is 7.07. The summed E-state index contributed by atoms with van der Waals surface area (Å²) in [5.74, 6) is 1.44. The highest BCUT2D eigenvalue weighted by molar-refractivity contribution is 5.05. The number of nitrogens with zero attached hydrogens (tertiary/aromatic N) is 4. The molecule has 0 spiro atoms. The fourth-order valence-corrected chi connectivity index (χ4v) is 3.54. The van der Waals surface area contributed by atoms with Crippen molar-refractivity contribution in [1.82, 2.24) is 19.6 Å². The highest BCUT2D eigenvalue weighted by Gasteiger charge is 2.41. The molecule has 0 aliphatic carbocycles. The Morgan fingerprint density at radius 1 is 1.37 bits per heavy atom. The van der Waals surface area contributed by atoms with Crippen molar-refractivity contribution >= 4 is 0 Å². The second kappa shape index (κ2) is 5.23. The van der Waals surface area contributed by atoms with Gasteiger partial charge in [-0.1, -0.05) is 0 Å². The maximum Gasteiger partial charge on any atom is 0.0625 e. The van der Waals surface area contributed by atoms with E-state index in [1.165, 1.54) is 12.1 Å². The molecular formula is C14H24N4O. The summed E-state index contributed by atoms with van der Waals surface area (Å²) >= 11 is 0. The minimum absolute atomic E-state index is 0.567. The highest BCUT2D eigenvalue weighted by atomic mass is 16.5. The smallest absolute Gasteiger partial charge is 0.0625 e. The Balaban J connectivity index is 1.65. The minimum Gasteiger partial charge on any atom is -0.379 e. The maximum atomic E-state index is 5.78. The third kappa shape index (κ3) is 2.68. The number of hydrogen-bond acceptors (Lipinski definition) is 4. The van der Waals surface area contributed by atoms with Crippen LogP contribution in [0.2, 0.25) is 0 Å². The van der Waals surface area contributed by atoms with Crippen molar-refractivity contribution in [3.05, 3.63) is 18.0 Å². The number of likely N-dealkylation sites (N-methyl/N-ethyl adjacent to an activating group) is 1. The van der Waals surface area contributed by atoms with Gasteiger partial charge in [0.1, 0.15) is 0 Å². The predicted octanol–water partition coefficient (Wildman–Crippen LogP) is 0.429. The number of fused-ring (bicyclic) bond motifs is 1. The Labute approximate surface area is 115 Å². The van der Waals surface area contributed by atoms with Crippen LogP contribution in [-0.2, 0) is 18.3 Å². The zero-order valence-corrected chi connectivity index (χ0v) is 12.1. The van der Waals surface area contributed by atoms with Gasteiger partial charge in [0.2, 0.25) is 0 Å².